The molecule has 0 fully saturated rings. The molecule has 1 aromatic rings. The second-order valence-electron chi connectivity index (χ2n) is 5.06. The van der Waals surface area contributed by atoms with Crippen LogP contribution in [0.5, 0.6) is 0 Å². The summed E-state index contributed by atoms with van der Waals surface area (Å²) in [4.78, 5) is 12.2. The first-order valence-corrected chi connectivity index (χ1v) is 7.15. The molecule has 116 valence electrons. The van der Waals surface area contributed by atoms with Crippen molar-refractivity contribution in [2.45, 2.75) is 44.8 Å². The van der Waals surface area contributed by atoms with Crippen molar-refractivity contribution in [2.75, 3.05) is 0 Å². The Kier molecular flexibility index (Phi) is 4.65. The van der Waals surface area contributed by atoms with Gasteiger partial charge in [-0.3, -0.25) is 9.36 Å². The molecule has 0 aliphatic heterocycles. The van der Waals surface area contributed by atoms with Gasteiger partial charge in [-0.25, -0.2) is 4.68 Å². The van der Waals surface area contributed by atoms with Crippen LogP contribution < -0.4 is 5.56 Å². The predicted octanol–water partition coefficient (Wildman–Crippen LogP) is 3.22. The highest BCUT2D eigenvalue weighted by Gasteiger charge is 2.27. The molecule has 0 saturated carbocycles. The zero-order valence-corrected chi connectivity index (χ0v) is 12.4. The highest BCUT2D eigenvalue weighted by atomic mass is 32.1. The van der Waals surface area contributed by atoms with Crippen LogP contribution in [0.3, 0.4) is 0 Å². The fourth-order valence-corrected chi connectivity index (χ4v) is 2.47. The van der Waals surface area contributed by atoms with Crippen LogP contribution in [0, 0.1) is 4.77 Å². The van der Waals surface area contributed by atoms with Crippen molar-refractivity contribution in [3.63, 3.8) is 0 Å². The molecule has 1 heterocycles. The maximum Gasteiger partial charge on any atom is 0.390 e. The molecule has 4 nitrogen and oxygen atoms in total. The Labute approximate surface area is 124 Å². The number of hydrogen-bond acceptors (Lipinski definition) is 3. The molecule has 0 spiro atoms. The predicted molar refractivity (Wildman–Crippen MR) is 75.4 cm³/mol. The second-order valence-corrected chi connectivity index (χ2v) is 5.42. The molecule has 0 saturated heterocycles. The number of rotatable bonds is 3. The molecular formula is C13H16F3N3OS. The largest absolute Gasteiger partial charge is 0.390 e. The molecule has 0 aromatic carbocycles. The zero-order chi connectivity index (χ0) is 15.6. The number of aromatic nitrogens is 3. The molecule has 0 amide bonds. The summed E-state index contributed by atoms with van der Waals surface area (Å²) in [5, 5.41) is 4.07. The number of alkyl halides is 3. The van der Waals surface area contributed by atoms with Gasteiger partial charge in [0.2, 0.25) is 0 Å². The Balaban J connectivity index is 2.43. The van der Waals surface area contributed by atoms with Crippen LogP contribution in [0.25, 0.3) is 5.57 Å². The number of hydrogen-bond donors (Lipinski definition) is 0. The van der Waals surface area contributed by atoms with Crippen LogP contribution in [-0.2, 0) is 13.6 Å². The average molecular weight is 319 g/mol. The van der Waals surface area contributed by atoms with Crippen LogP contribution in [0.15, 0.2) is 10.9 Å². The van der Waals surface area contributed by atoms with Gasteiger partial charge in [0.05, 0.1) is 13.0 Å². The Morgan fingerprint density at radius 3 is 2.67 bits per heavy atom. The van der Waals surface area contributed by atoms with Crippen LogP contribution in [0.1, 0.15) is 37.8 Å². The molecule has 21 heavy (non-hydrogen) atoms. The van der Waals surface area contributed by atoms with E-state index in [1.165, 1.54) is 11.6 Å². The minimum absolute atomic E-state index is 0.00408. The summed E-state index contributed by atoms with van der Waals surface area (Å²) in [6.07, 6.45) is 0.216. The van der Waals surface area contributed by atoms with Crippen molar-refractivity contribution in [1.82, 2.24) is 14.3 Å². The summed E-state index contributed by atoms with van der Waals surface area (Å²) in [5.74, 6) is 0. The third kappa shape index (κ3) is 3.81. The molecular weight excluding hydrogens is 303 g/mol. The van der Waals surface area contributed by atoms with E-state index in [2.05, 4.69) is 5.10 Å². The molecule has 0 radical (unpaired) electrons. The summed E-state index contributed by atoms with van der Waals surface area (Å²) in [7, 11) is 1.46. The fourth-order valence-electron chi connectivity index (χ4n) is 2.26. The average Bonchev–Trinajstić information content (AvgIpc) is 2.44. The zero-order valence-electron chi connectivity index (χ0n) is 11.6. The smallest absolute Gasteiger partial charge is 0.285 e. The number of nitrogens with zero attached hydrogens (tertiary/aromatic N) is 3. The van der Waals surface area contributed by atoms with Crippen molar-refractivity contribution in [3.8, 4) is 0 Å². The maximum absolute atomic E-state index is 12.4. The van der Waals surface area contributed by atoms with Crippen molar-refractivity contribution in [3.05, 3.63) is 26.9 Å². The summed E-state index contributed by atoms with van der Waals surface area (Å²) < 4.78 is 39.3. The van der Waals surface area contributed by atoms with E-state index in [1.54, 1.807) is 0 Å². The third-order valence-corrected chi connectivity index (χ3v) is 3.92. The highest BCUT2D eigenvalue weighted by molar-refractivity contribution is 7.71. The Bertz CT molecular complexity index is 673. The van der Waals surface area contributed by atoms with Gasteiger partial charge in [-0.05, 0) is 43.5 Å². The van der Waals surface area contributed by atoms with Crippen LogP contribution in [0.2, 0.25) is 0 Å². The third-order valence-electron chi connectivity index (χ3n) is 3.44. The van der Waals surface area contributed by atoms with Gasteiger partial charge in [0.25, 0.3) is 5.56 Å². The minimum Gasteiger partial charge on any atom is -0.285 e. The lowest BCUT2D eigenvalue weighted by Gasteiger charge is -2.15. The Morgan fingerprint density at radius 1 is 1.38 bits per heavy atom. The summed E-state index contributed by atoms with van der Waals surface area (Å²) >= 11 is 5.01. The molecule has 2 rings (SSSR count). The van der Waals surface area contributed by atoms with E-state index in [4.69, 9.17) is 12.2 Å². The lowest BCUT2D eigenvalue weighted by Crippen LogP contribution is -2.29. The first-order valence-electron chi connectivity index (χ1n) is 6.74. The monoisotopic (exact) mass is 319 g/mol. The van der Waals surface area contributed by atoms with Gasteiger partial charge in [-0.1, -0.05) is 6.08 Å². The van der Waals surface area contributed by atoms with Gasteiger partial charge >= 0.3 is 6.18 Å². The number of allylic oxidation sites excluding steroid dienone is 2. The standard InChI is InChI=1S/C13H16F3N3OS/c1-18-11(20)10(9-5-3-2-4-6-9)17-19(12(18)21)8-7-13(14,15)16/h5H,2-4,6-8H2,1H3. The van der Waals surface area contributed by atoms with E-state index in [9.17, 15) is 18.0 Å². The fraction of sp³-hybridized carbons (Fsp3) is 0.615. The molecule has 1 aliphatic carbocycles. The minimum atomic E-state index is -4.28. The van der Waals surface area contributed by atoms with E-state index in [-0.39, 0.29) is 22.6 Å². The van der Waals surface area contributed by atoms with Gasteiger partial charge in [0.15, 0.2) is 10.5 Å². The van der Waals surface area contributed by atoms with E-state index in [0.29, 0.717) is 0 Å². The van der Waals surface area contributed by atoms with Crippen molar-refractivity contribution in [2.24, 2.45) is 7.05 Å². The molecule has 0 bridgehead atoms. The lowest BCUT2D eigenvalue weighted by atomic mass is 9.97. The SMILES string of the molecule is Cn1c(=O)c(C2=CCCCC2)nn(CCC(F)(F)F)c1=S. The van der Waals surface area contributed by atoms with Gasteiger partial charge < -0.3 is 0 Å². The highest BCUT2D eigenvalue weighted by Crippen LogP contribution is 2.24. The summed E-state index contributed by atoms with van der Waals surface area (Å²) in [6.45, 7) is -0.378. The topological polar surface area (TPSA) is 39.8 Å². The van der Waals surface area contributed by atoms with Crippen molar-refractivity contribution >= 4 is 17.8 Å². The van der Waals surface area contributed by atoms with Crippen molar-refractivity contribution < 1.29 is 13.2 Å². The Morgan fingerprint density at radius 2 is 2.10 bits per heavy atom. The van der Waals surface area contributed by atoms with Crippen LogP contribution in [-0.4, -0.2) is 20.5 Å². The van der Waals surface area contributed by atoms with Gasteiger partial charge in [-0.15, -0.1) is 0 Å². The molecule has 8 heteroatoms. The number of halogens is 3. The van der Waals surface area contributed by atoms with E-state index in [0.717, 1.165) is 35.9 Å². The maximum atomic E-state index is 12.4. The van der Waals surface area contributed by atoms with Gasteiger partial charge in [0.1, 0.15) is 0 Å². The molecule has 0 atom stereocenters. The molecule has 0 unspecified atom stereocenters. The lowest BCUT2D eigenvalue weighted by molar-refractivity contribution is -0.137. The van der Waals surface area contributed by atoms with E-state index in [1.807, 2.05) is 6.08 Å². The normalized spacial score (nSPS) is 15.9. The summed E-state index contributed by atoms with van der Waals surface area (Å²) in [6, 6.07) is 0. The van der Waals surface area contributed by atoms with E-state index >= 15 is 0 Å². The van der Waals surface area contributed by atoms with Gasteiger partial charge in [-0.2, -0.15) is 18.3 Å². The summed E-state index contributed by atoms with van der Waals surface area (Å²) in [5.41, 5.74) is 0.669. The first kappa shape index (κ1) is 15.9. The second kappa shape index (κ2) is 6.13. The van der Waals surface area contributed by atoms with Crippen molar-refractivity contribution in [1.29, 1.82) is 0 Å². The van der Waals surface area contributed by atoms with Crippen LogP contribution >= 0.6 is 12.2 Å². The Hall–Kier alpha value is -1.44. The van der Waals surface area contributed by atoms with Gasteiger partial charge in [0, 0.05) is 7.05 Å². The van der Waals surface area contributed by atoms with E-state index < -0.39 is 12.6 Å². The molecule has 1 aliphatic rings. The van der Waals surface area contributed by atoms with Crippen LogP contribution in [0.4, 0.5) is 13.2 Å². The number of aryl methyl sites for hydroxylation is 1. The first-order chi connectivity index (χ1) is 9.79. The molecule has 1 aromatic heterocycles. The quantitative estimate of drug-likeness (QED) is 0.803. The molecule has 0 N–H and O–H groups in total.